The van der Waals surface area contributed by atoms with E-state index in [0.717, 1.165) is 6.42 Å². The van der Waals surface area contributed by atoms with Crippen LogP contribution in [0.2, 0.25) is 0 Å². The highest BCUT2D eigenvalue weighted by Crippen LogP contribution is 2.53. The second-order valence-electron chi connectivity index (χ2n) is 3.51. The maximum absolute atomic E-state index is 10.6. The fourth-order valence-electron chi connectivity index (χ4n) is 2.04. The second-order valence-corrected chi connectivity index (χ2v) is 3.51. The lowest BCUT2D eigenvalue weighted by molar-refractivity contribution is -0.147. The number of aliphatic hydroxyl groups excluding tert-OH is 1. The summed E-state index contributed by atoms with van der Waals surface area (Å²) in [7, 11) is 0. The highest BCUT2D eigenvalue weighted by atomic mass is 16.5. The van der Waals surface area contributed by atoms with Gasteiger partial charge in [-0.2, -0.15) is 0 Å². The van der Waals surface area contributed by atoms with Crippen molar-refractivity contribution in [2.45, 2.75) is 32.0 Å². The number of ether oxygens (including phenoxy) is 1. The van der Waals surface area contributed by atoms with Gasteiger partial charge in [0.2, 0.25) is 0 Å². The van der Waals surface area contributed by atoms with Crippen molar-refractivity contribution in [1.29, 1.82) is 0 Å². The van der Waals surface area contributed by atoms with Gasteiger partial charge >= 0.3 is 5.97 Å². The van der Waals surface area contributed by atoms with Crippen molar-refractivity contribution < 1.29 is 14.6 Å². The Kier molecular flexibility index (Phi) is 1.42. The molecule has 4 atom stereocenters. The van der Waals surface area contributed by atoms with Gasteiger partial charge in [-0.1, -0.05) is 0 Å². The van der Waals surface area contributed by atoms with Crippen LogP contribution in [0.3, 0.4) is 0 Å². The van der Waals surface area contributed by atoms with E-state index < -0.39 is 0 Å². The smallest absolute Gasteiger partial charge is 0.302 e. The molecule has 2 fully saturated rings. The van der Waals surface area contributed by atoms with Gasteiger partial charge in [-0.05, 0) is 12.3 Å². The summed E-state index contributed by atoms with van der Waals surface area (Å²) in [5.41, 5.74) is 0. The van der Waals surface area contributed by atoms with E-state index in [2.05, 4.69) is 0 Å². The molecule has 3 heteroatoms. The van der Waals surface area contributed by atoms with E-state index in [1.54, 1.807) is 0 Å². The molecule has 2 aliphatic carbocycles. The van der Waals surface area contributed by atoms with E-state index in [1.165, 1.54) is 6.92 Å². The van der Waals surface area contributed by atoms with Crippen molar-refractivity contribution in [1.82, 2.24) is 0 Å². The molecule has 0 amide bonds. The molecule has 2 saturated carbocycles. The van der Waals surface area contributed by atoms with Crippen molar-refractivity contribution in [3.05, 3.63) is 0 Å². The number of rotatable bonds is 1. The van der Waals surface area contributed by atoms with Gasteiger partial charge < -0.3 is 9.84 Å². The molecule has 0 aromatic carbocycles. The number of hydrogen-bond acceptors (Lipinski definition) is 3. The Morgan fingerprint density at radius 2 is 2.18 bits per heavy atom. The molecule has 1 N–H and O–H groups in total. The second kappa shape index (κ2) is 2.21. The molecule has 0 saturated heterocycles. The Balaban J connectivity index is 1.92. The third-order valence-electron chi connectivity index (χ3n) is 2.65. The fourth-order valence-corrected chi connectivity index (χ4v) is 2.04. The number of aliphatic hydroxyl groups is 1. The lowest BCUT2D eigenvalue weighted by Crippen LogP contribution is -2.18. The Morgan fingerprint density at radius 1 is 1.45 bits per heavy atom. The molecule has 0 aromatic heterocycles. The molecule has 3 nitrogen and oxygen atoms in total. The molecule has 0 aromatic rings. The van der Waals surface area contributed by atoms with Crippen LogP contribution < -0.4 is 0 Å². The first-order chi connectivity index (χ1) is 5.18. The van der Waals surface area contributed by atoms with Crippen LogP contribution in [0.4, 0.5) is 0 Å². The predicted octanol–water partition coefficient (Wildman–Crippen LogP) is 0.319. The minimum atomic E-state index is -0.227. The lowest BCUT2D eigenvalue weighted by atomic mass is 10.2. The van der Waals surface area contributed by atoms with Gasteiger partial charge in [0.15, 0.2) is 0 Å². The monoisotopic (exact) mass is 156 g/mol. The summed E-state index contributed by atoms with van der Waals surface area (Å²) >= 11 is 0. The lowest BCUT2D eigenvalue weighted by Gasteiger charge is -2.12. The topological polar surface area (TPSA) is 46.5 Å². The molecular weight excluding hydrogens is 144 g/mol. The fraction of sp³-hybridized carbons (Fsp3) is 0.875. The maximum atomic E-state index is 10.6. The SMILES string of the molecule is CC(=O)O[C@@H]1C[C@H](O)[C@@H]2C[C@@H]21. The summed E-state index contributed by atoms with van der Waals surface area (Å²) < 4.78 is 5.04. The van der Waals surface area contributed by atoms with Crippen LogP contribution in [0.1, 0.15) is 19.8 Å². The average molecular weight is 156 g/mol. The molecule has 0 aliphatic heterocycles. The minimum Gasteiger partial charge on any atom is -0.462 e. The average Bonchev–Trinajstić information content (AvgIpc) is 2.57. The summed E-state index contributed by atoms with van der Waals surface area (Å²) in [4.78, 5) is 10.6. The van der Waals surface area contributed by atoms with E-state index in [4.69, 9.17) is 4.74 Å². The number of carbonyl (C=O) groups is 1. The van der Waals surface area contributed by atoms with E-state index in [1.807, 2.05) is 0 Å². The largest absolute Gasteiger partial charge is 0.462 e. The summed E-state index contributed by atoms with van der Waals surface area (Å²) in [6, 6.07) is 0. The number of hydrogen-bond donors (Lipinski definition) is 1. The summed E-state index contributed by atoms with van der Waals surface area (Å²) in [6.45, 7) is 1.42. The molecule has 0 bridgehead atoms. The molecule has 2 rings (SSSR count). The van der Waals surface area contributed by atoms with E-state index >= 15 is 0 Å². The molecule has 0 heterocycles. The van der Waals surface area contributed by atoms with Gasteiger partial charge in [-0.3, -0.25) is 4.79 Å². The zero-order valence-electron chi connectivity index (χ0n) is 6.49. The Morgan fingerprint density at radius 3 is 2.55 bits per heavy atom. The quantitative estimate of drug-likeness (QED) is 0.556. The van der Waals surface area contributed by atoms with Crippen LogP contribution >= 0.6 is 0 Å². The standard InChI is InChI=1S/C8H12O3/c1-4(9)11-8-3-7(10)5-2-6(5)8/h5-8,10H,2-3H2,1H3/t5-,6+,7+,8-/m1/s1. The number of fused-ring (bicyclic) bond motifs is 1. The summed E-state index contributed by atoms with van der Waals surface area (Å²) in [5.74, 6) is 0.669. The minimum absolute atomic E-state index is 0.00694. The first-order valence-electron chi connectivity index (χ1n) is 4.04. The van der Waals surface area contributed by atoms with Gasteiger partial charge in [-0.15, -0.1) is 0 Å². The first kappa shape index (κ1) is 7.10. The molecule has 0 radical (unpaired) electrons. The molecule has 0 spiro atoms. The van der Waals surface area contributed by atoms with Gasteiger partial charge in [0.25, 0.3) is 0 Å². The van der Waals surface area contributed by atoms with Gasteiger partial charge in [0.1, 0.15) is 6.10 Å². The predicted molar refractivity (Wildman–Crippen MR) is 37.8 cm³/mol. The van der Waals surface area contributed by atoms with E-state index in [0.29, 0.717) is 18.3 Å². The normalized spacial score (nSPS) is 46.7. The first-order valence-corrected chi connectivity index (χ1v) is 4.04. The molecular formula is C8H12O3. The van der Waals surface area contributed by atoms with Crippen molar-refractivity contribution in [3.63, 3.8) is 0 Å². The maximum Gasteiger partial charge on any atom is 0.302 e. The van der Waals surface area contributed by atoms with Crippen LogP contribution in [0.15, 0.2) is 0 Å². The van der Waals surface area contributed by atoms with Crippen molar-refractivity contribution >= 4 is 5.97 Å². The number of esters is 1. The highest BCUT2D eigenvalue weighted by Gasteiger charge is 2.55. The van der Waals surface area contributed by atoms with Crippen molar-refractivity contribution in [2.75, 3.05) is 0 Å². The van der Waals surface area contributed by atoms with Crippen LogP contribution in [0.25, 0.3) is 0 Å². The van der Waals surface area contributed by atoms with Crippen LogP contribution in [0, 0.1) is 11.8 Å². The molecule has 62 valence electrons. The van der Waals surface area contributed by atoms with E-state index in [9.17, 15) is 9.90 Å². The molecule has 2 aliphatic rings. The highest BCUT2D eigenvalue weighted by molar-refractivity contribution is 5.66. The molecule has 0 unspecified atom stereocenters. The van der Waals surface area contributed by atoms with Gasteiger partial charge in [0, 0.05) is 19.3 Å². The Bertz CT molecular complexity index is 190. The van der Waals surface area contributed by atoms with Crippen molar-refractivity contribution in [3.8, 4) is 0 Å². The Labute approximate surface area is 65.4 Å². The van der Waals surface area contributed by atoms with Crippen LogP contribution in [-0.4, -0.2) is 23.3 Å². The molecule has 11 heavy (non-hydrogen) atoms. The third kappa shape index (κ3) is 1.13. The zero-order chi connectivity index (χ0) is 8.01. The van der Waals surface area contributed by atoms with Gasteiger partial charge in [0.05, 0.1) is 6.10 Å². The number of carbonyl (C=O) groups excluding carboxylic acids is 1. The Hall–Kier alpha value is -0.570. The van der Waals surface area contributed by atoms with Crippen LogP contribution in [-0.2, 0) is 9.53 Å². The van der Waals surface area contributed by atoms with Crippen molar-refractivity contribution in [2.24, 2.45) is 11.8 Å². The third-order valence-corrected chi connectivity index (χ3v) is 2.65. The summed E-state index contributed by atoms with van der Waals surface area (Å²) in [6.07, 6.45) is 1.48. The van der Waals surface area contributed by atoms with Gasteiger partial charge in [-0.25, -0.2) is 0 Å². The van der Waals surface area contributed by atoms with Crippen LogP contribution in [0.5, 0.6) is 0 Å². The van der Waals surface area contributed by atoms with E-state index in [-0.39, 0.29) is 18.2 Å². The zero-order valence-corrected chi connectivity index (χ0v) is 6.49. The summed E-state index contributed by atoms with van der Waals surface area (Å²) in [5, 5.41) is 9.33.